The number of aromatic nitrogens is 5. The molecular formula is C27H27F3N6O2. The molecule has 4 aromatic rings. The molecule has 3 aromatic heterocycles. The molecule has 0 spiro atoms. The molecule has 1 unspecified atom stereocenters. The van der Waals surface area contributed by atoms with Crippen molar-refractivity contribution in [3.63, 3.8) is 0 Å². The topological polar surface area (TPSA) is 88.9 Å². The second-order valence-electron chi connectivity index (χ2n) is 9.21. The normalized spacial score (nSPS) is 14.5. The second kappa shape index (κ2) is 9.96. The summed E-state index contributed by atoms with van der Waals surface area (Å²) >= 11 is 0. The Morgan fingerprint density at radius 1 is 1.18 bits per heavy atom. The highest BCUT2D eigenvalue weighted by atomic mass is 19.4. The van der Waals surface area contributed by atoms with Gasteiger partial charge < -0.3 is 14.6 Å². The first kappa shape index (κ1) is 25.5. The molecule has 0 fully saturated rings. The first-order valence-corrected chi connectivity index (χ1v) is 12.3. The van der Waals surface area contributed by atoms with E-state index in [0.717, 1.165) is 5.69 Å². The molecule has 198 valence electrons. The van der Waals surface area contributed by atoms with Crippen molar-refractivity contribution in [2.24, 2.45) is 0 Å². The summed E-state index contributed by atoms with van der Waals surface area (Å²) in [7, 11) is 1.56. The van der Waals surface area contributed by atoms with Gasteiger partial charge >= 0.3 is 6.18 Å². The van der Waals surface area contributed by atoms with Crippen molar-refractivity contribution in [1.82, 2.24) is 29.6 Å². The van der Waals surface area contributed by atoms with E-state index in [4.69, 9.17) is 4.74 Å². The number of pyridine rings is 1. The van der Waals surface area contributed by atoms with Crippen LogP contribution in [0.5, 0.6) is 5.75 Å². The summed E-state index contributed by atoms with van der Waals surface area (Å²) in [6.45, 7) is 4.24. The molecule has 1 aliphatic heterocycles. The van der Waals surface area contributed by atoms with Crippen molar-refractivity contribution in [3.8, 4) is 16.9 Å². The van der Waals surface area contributed by atoms with E-state index >= 15 is 0 Å². The zero-order valence-corrected chi connectivity index (χ0v) is 21.2. The van der Waals surface area contributed by atoms with E-state index in [2.05, 4.69) is 20.1 Å². The number of carbonyl (C=O) groups excluding carboxylic acids is 1. The van der Waals surface area contributed by atoms with Gasteiger partial charge in [-0.25, -0.2) is 4.98 Å². The van der Waals surface area contributed by atoms with Crippen molar-refractivity contribution >= 4 is 5.91 Å². The number of methoxy groups -OCH3 is 1. The first-order valence-electron chi connectivity index (χ1n) is 12.3. The van der Waals surface area contributed by atoms with E-state index in [1.165, 1.54) is 17.2 Å². The van der Waals surface area contributed by atoms with Crippen molar-refractivity contribution in [1.29, 1.82) is 0 Å². The predicted molar refractivity (Wildman–Crippen MR) is 134 cm³/mol. The smallest absolute Gasteiger partial charge is 0.435 e. The number of imidazole rings is 1. The second-order valence-corrected chi connectivity index (χ2v) is 9.21. The van der Waals surface area contributed by atoms with E-state index in [-0.39, 0.29) is 24.1 Å². The third-order valence-electron chi connectivity index (χ3n) is 6.88. The molecule has 8 nitrogen and oxygen atoms in total. The maximum absolute atomic E-state index is 14.0. The minimum atomic E-state index is -4.64. The summed E-state index contributed by atoms with van der Waals surface area (Å²) in [6.07, 6.45) is 2.36. The highest BCUT2D eigenvalue weighted by molar-refractivity contribution is 5.99. The number of fused-ring (bicyclic) bond motifs is 1. The number of H-pyrrole nitrogens is 1. The van der Waals surface area contributed by atoms with Gasteiger partial charge in [0.05, 0.1) is 25.2 Å². The maximum Gasteiger partial charge on any atom is 0.435 e. The number of alkyl halides is 3. The number of hydrogen-bond acceptors (Lipinski definition) is 5. The van der Waals surface area contributed by atoms with Crippen LogP contribution in [0.3, 0.4) is 0 Å². The maximum atomic E-state index is 14.0. The Morgan fingerprint density at radius 2 is 1.97 bits per heavy atom. The predicted octanol–water partition coefficient (Wildman–Crippen LogP) is 5.07. The fraction of sp³-hybridized carbons (Fsp3) is 0.333. The Labute approximate surface area is 217 Å². The van der Waals surface area contributed by atoms with Gasteiger partial charge in [-0.2, -0.15) is 18.3 Å². The van der Waals surface area contributed by atoms with E-state index in [1.54, 1.807) is 55.6 Å². The molecule has 38 heavy (non-hydrogen) atoms. The zero-order chi connectivity index (χ0) is 27.0. The van der Waals surface area contributed by atoms with Gasteiger partial charge in [-0.15, -0.1) is 0 Å². The zero-order valence-electron chi connectivity index (χ0n) is 21.2. The number of nitrogens with one attached hydrogen (secondary N) is 1. The Bertz CT molecular complexity index is 1460. The average Bonchev–Trinajstić information content (AvgIpc) is 3.58. The molecule has 4 heterocycles. The number of aryl methyl sites for hydroxylation is 1. The molecule has 0 saturated carbocycles. The van der Waals surface area contributed by atoms with Crippen molar-refractivity contribution in [2.75, 3.05) is 13.7 Å². The highest BCUT2D eigenvalue weighted by Gasteiger charge is 2.39. The number of amides is 1. The van der Waals surface area contributed by atoms with Crippen LogP contribution in [0.1, 0.15) is 58.5 Å². The lowest BCUT2D eigenvalue weighted by atomic mass is 9.87. The Balaban J connectivity index is 1.62. The van der Waals surface area contributed by atoms with Crippen LogP contribution >= 0.6 is 0 Å². The Morgan fingerprint density at radius 3 is 2.66 bits per heavy atom. The van der Waals surface area contributed by atoms with Crippen molar-refractivity contribution in [2.45, 2.75) is 45.5 Å². The van der Waals surface area contributed by atoms with Gasteiger partial charge in [-0.3, -0.25) is 14.5 Å². The van der Waals surface area contributed by atoms with Gasteiger partial charge in [-0.1, -0.05) is 6.07 Å². The largest absolute Gasteiger partial charge is 0.497 e. The number of rotatable bonds is 7. The summed E-state index contributed by atoms with van der Waals surface area (Å²) in [4.78, 5) is 27.0. The average molecular weight is 525 g/mol. The number of hydrogen-bond donors (Lipinski definition) is 1. The lowest BCUT2D eigenvalue weighted by Gasteiger charge is -2.34. The van der Waals surface area contributed by atoms with Gasteiger partial charge in [0, 0.05) is 61.0 Å². The molecule has 0 bridgehead atoms. The van der Waals surface area contributed by atoms with Gasteiger partial charge in [0.25, 0.3) is 5.91 Å². The van der Waals surface area contributed by atoms with E-state index in [0.29, 0.717) is 53.1 Å². The summed E-state index contributed by atoms with van der Waals surface area (Å²) in [5.41, 5.74) is 2.52. The molecule has 1 N–H and O–H groups in total. The standard InChI is InChI=1S/C27H27F3N6O2/c1-4-35-14-23(25(34-35)27(28,29)30)21-10-17(9-18-13-31-15-33-18)11-22-20(21)6-8-36(26(22)37)16(2)24-12-19(38-3)5-7-32-24/h5,7,10-16H,4,6,8-9H2,1-3H3,(H,31,33). The number of nitrogens with zero attached hydrogens (tertiary/aromatic N) is 5. The molecule has 1 aliphatic rings. The van der Waals surface area contributed by atoms with Crippen LogP contribution in [0.25, 0.3) is 11.1 Å². The Kier molecular flexibility index (Phi) is 6.68. The SMILES string of the molecule is CCn1cc(-c2cc(Cc3cnc[nH]3)cc3c2CCN(C(C)c2cc(OC)ccn2)C3=O)c(C(F)(F)F)n1. The van der Waals surface area contributed by atoms with Crippen LogP contribution in [0, 0.1) is 0 Å². The van der Waals surface area contributed by atoms with Crippen LogP contribution in [0.4, 0.5) is 13.2 Å². The number of carbonyl (C=O) groups is 1. The number of halogens is 3. The highest BCUT2D eigenvalue weighted by Crippen LogP contribution is 2.41. The first-order chi connectivity index (χ1) is 18.2. The van der Waals surface area contributed by atoms with Crippen LogP contribution < -0.4 is 4.74 Å². The molecule has 1 atom stereocenters. The van der Waals surface area contributed by atoms with E-state index in [9.17, 15) is 18.0 Å². The monoisotopic (exact) mass is 524 g/mol. The quantitative estimate of drug-likeness (QED) is 0.365. The third kappa shape index (κ3) is 4.75. The minimum Gasteiger partial charge on any atom is -0.497 e. The number of ether oxygens (including phenoxy) is 1. The fourth-order valence-electron chi connectivity index (χ4n) is 4.93. The molecular weight excluding hydrogens is 497 g/mol. The van der Waals surface area contributed by atoms with Gasteiger partial charge in [0.15, 0.2) is 5.69 Å². The van der Waals surface area contributed by atoms with Crippen LogP contribution in [-0.4, -0.2) is 49.2 Å². The molecule has 1 amide bonds. The molecule has 0 aliphatic carbocycles. The summed E-state index contributed by atoms with van der Waals surface area (Å²) in [6, 6.07) is 6.66. The molecule has 11 heteroatoms. The third-order valence-corrected chi connectivity index (χ3v) is 6.88. The minimum absolute atomic E-state index is 0.0224. The van der Waals surface area contributed by atoms with Crippen LogP contribution in [-0.2, 0) is 25.6 Å². The molecule has 0 radical (unpaired) electrons. The van der Waals surface area contributed by atoms with Gasteiger partial charge in [0.2, 0.25) is 0 Å². The molecule has 1 aromatic carbocycles. The summed E-state index contributed by atoms with van der Waals surface area (Å²) < 4.78 is 48.7. The van der Waals surface area contributed by atoms with Crippen molar-refractivity contribution < 1.29 is 22.7 Å². The lowest BCUT2D eigenvalue weighted by Crippen LogP contribution is -2.40. The Hall–Kier alpha value is -4.15. The molecule has 5 rings (SSSR count). The van der Waals surface area contributed by atoms with Crippen LogP contribution in [0.2, 0.25) is 0 Å². The number of aromatic amines is 1. The number of benzene rings is 1. The molecule has 0 saturated heterocycles. The summed E-state index contributed by atoms with van der Waals surface area (Å²) in [5.74, 6) is 0.371. The van der Waals surface area contributed by atoms with Crippen LogP contribution in [0.15, 0.2) is 49.2 Å². The van der Waals surface area contributed by atoms with Gasteiger partial charge in [0.1, 0.15) is 5.75 Å². The summed E-state index contributed by atoms with van der Waals surface area (Å²) in [5, 5.41) is 3.81. The lowest BCUT2D eigenvalue weighted by molar-refractivity contribution is -0.141. The van der Waals surface area contributed by atoms with Gasteiger partial charge in [-0.05, 0) is 49.1 Å². The van der Waals surface area contributed by atoms with E-state index < -0.39 is 11.9 Å². The fourth-order valence-corrected chi connectivity index (χ4v) is 4.93. The van der Waals surface area contributed by atoms with Crippen molar-refractivity contribution in [3.05, 3.63) is 83.0 Å². The van der Waals surface area contributed by atoms with E-state index in [1.807, 2.05) is 6.92 Å².